The third kappa shape index (κ3) is 1.87. The van der Waals surface area contributed by atoms with Crippen molar-refractivity contribution < 1.29 is 14.3 Å². The van der Waals surface area contributed by atoms with Gasteiger partial charge in [-0.2, -0.15) is 0 Å². The van der Waals surface area contributed by atoms with Crippen LogP contribution in [0.5, 0.6) is 0 Å². The number of carbonyl (C=O) groups is 1. The van der Waals surface area contributed by atoms with E-state index >= 15 is 4.39 Å². The summed E-state index contributed by atoms with van der Waals surface area (Å²) < 4.78 is 15.6. The van der Waals surface area contributed by atoms with E-state index in [1.165, 1.54) is 18.0 Å². The van der Waals surface area contributed by atoms with Crippen molar-refractivity contribution in [1.29, 1.82) is 0 Å². The smallest absolute Gasteiger partial charge is 0.272 e. The van der Waals surface area contributed by atoms with Crippen LogP contribution in [0.2, 0.25) is 5.02 Å². The molecule has 0 fully saturated rings. The Kier molecular flexibility index (Phi) is 3.23. The zero-order chi connectivity index (χ0) is 15.2. The molecule has 1 N–H and O–H groups in total. The van der Waals surface area contributed by atoms with Crippen LogP contribution in [0, 0.1) is 0 Å². The second-order valence-corrected chi connectivity index (χ2v) is 5.43. The number of anilines is 1. The highest BCUT2D eigenvalue weighted by Gasteiger charge is 2.57. The second kappa shape index (κ2) is 4.83. The predicted molar refractivity (Wildman–Crippen MR) is 79.0 cm³/mol. The van der Waals surface area contributed by atoms with Crippen LogP contribution < -0.4 is 4.90 Å². The van der Waals surface area contributed by atoms with Crippen molar-refractivity contribution >= 4 is 23.2 Å². The number of alkyl halides is 1. The summed E-state index contributed by atoms with van der Waals surface area (Å²) in [6.45, 7) is 0. The lowest BCUT2D eigenvalue weighted by atomic mass is 9.87. The second-order valence-electron chi connectivity index (χ2n) is 5.02. The fourth-order valence-electron chi connectivity index (χ4n) is 2.73. The Morgan fingerprint density at radius 3 is 2.52 bits per heavy atom. The summed E-state index contributed by atoms with van der Waals surface area (Å²) in [5.74, 6) is -0.818. The molecule has 108 valence electrons. The maximum absolute atomic E-state index is 15.6. The molecule has 2 aromatic carbocycles. The molecule has 0 saturated heterocycles. The minimum atomic E-state index is -2.58. The Morgan fingerprint density at radius 2 is 1.86 bits per heavy atom. The Labute approximate surface area is 126 Å². The van der Waals surface area contributed by atoms with Gasteiger partial charge in [0.25, 0.3) is 5.91 Å². The van der Waals surface area contributed by atoms with Gasteiger partial charge in [-0.25, -0.2) is 4.39 Å². The van der Waals surface area contributed by atoms with Gasteiger partial charge >= 0.3 is 0 Å². The monoisotopic (exact) mass is 305 g/mol. The fraction of sp³-hybridized carbons (Fsp3) is 0.188. The highest BCUT2D eigenvalue weighted by Crippen LogP contribution is 2.52. The van der Waals surface area contributed by atoms with E-state index in [9.17, 15) is 9.90 Å². The number of carbonyl (C=O) groups excluding carboxylic acids is 1. The van der Waals surface area contributed by atoms with Crippen molar-refractivity contribution in [2.75, 3.05) is 11.9 Å². The minimum Gasteiger partial charge on any atom is -0.384 e. The van der Waals surface area contributed by atoms with E-state index in [-0.39, 0.29) is 10.6 Å². The van der Waals surface area contributed by atoms with Gasteiger partial charge in [-0.15, -0.1) is 0 Å². The summed E-state index contributed by atoms with van der Waals surface area (Å²) >= 11 is 6.09. The number of hydrogen-bond donors (Lipinski definition) is 1. The van der Waals surface area contributed by atoms with Crippen molar-refractivity contribution in [3.05, 3.63) is 64.7 Å². The van der Waals surface area contributed by atoms with Gasteiger partial charge in [-0.3, -0.25) is 4.79 Å². The molecular formula is C16H13ClFNO2. The first-order valence-electron chi connectivity index (χ1n) is 6.47. The third-order valence-corrected chi connectivity index (χ3v) is 4.14. The molecule has 0 radical (unpaired) electrons. The fourth-order valence-corrected chi connectivity index (χ4v) is 3.04. The number of fused-ring (bicyclic) bond motifs is 1. The molecule has 2 atom stereocenters. The van der Waals surface area contributed by atoms with Crippen molar-refractivity contribution in [3.8, 4) is 0 Å². The molecule has 0 spiro atoms. The lowest BCUT2D eigenvalue weighted by molar-refractivity contribution is -0.137. The van der Waals surface area contributed by atoms with Gasteiger partial charge in [-0.05, 0) is 17.7 Å². The summed E-state index contributed by atoms with van der Waals surface area (Å²) in [6.07, 6.45) is -1.62. The first-order valence-corrected chi connectivity index (χ1v) is 6.84. The quantitative estimate of drug-likeness (QED) is 0.925. The summed E-state index contributed by atoms with van der Waals surface area (Å²) in [5, 5.41) is 10.6. The van der Waals surface area contributed by atoms with Gasteiger partial charge in [0.05, 0.1) is 5.69 Å². The first-order chi connectivity index (χ1) is 9.98. The molecule has 2 aromatic rings. The maximum Gasteiger partial charge on any atom is 0.272 e. The van der Waals surface area contributed by atoms with E-state index in [1.54, 1.807) is 42.5 Å². The predicted octanol–water partition coefficient (Wildman–Crippen LogP) is 3.21. The topological polar surface area (TPSA) is 40.5 Å². The van der Waals surface area contributed by atoms with E-state index < -0.39 is 17.7 Å². The number of nitrogens with zero attached hydrogens (tertiary/aromatic N) is 1. The van der Waals surface area contributed by atoms with Crippen LogP contribution in [-0.4, -0.2) is 18.1 Å². The SMILES string of the molecule is CN1C(=O)[C@](F)(C(O)c2ccccc2)c2c(Cl)cccc21. The van der Waals surface area contributed by atoms with Gasteiger partial charge in [0, 0.05) is 17.6 Å². The van der Waals surface area contributed by atoms with E-state index in [1.807, 2.05) is 0 Å². The van der Waals surface area contributed by atoms with E-state index in [2.05, 4.69) is 0 Å². The molecule has 0 saturated carbocycles. The van der Waals surface area contributed by atoms with Crippen LogP contribution in [0.1, 0.15) is 17.2 Å². The van der Waals surface area contributed by atoms with Crippen molar-refractivity contribution in [2.24, 2.45) is 0 Å². The van der Waals surface area contributed by atoms with Crippen LogP contribution in [0.4, 0.5) is 10.1 Å². The van der Waals surface area contributed by atoms with Crippen LogP contribution >= 0.6 is 11.6 Å². The van der Waals surface area contributed by atoms with Crippen LogP contribution in [0.15, 0.2) is 48.5 Å². The Bertz CT molecular complexity index is 707. The van der Waals surface area contributed by atoms with Crippen molar-refractivity contribution in [2.45, 2.75) is 11.8 Å². The van der Waals surface area contributed by atoms with Gasteiger partial charge in [0.2, 0.25) is 5.67 Å². The Morgan fingerprint density at radius 1 is 1.19 bits per heavy atom. The van der Waals surface area contributed by atoms with Gasteiger partial charge < -0.3 is 10.0 Å². The third-order valence-electron chi connectivity index (χ3n) is 3.82. The highest BCUT2D eigenvalue weighted by molar-refractivity contribution is 6.33. The molecule has 1 unspecified atom stereocenters. The molecule has 1 aliphatic heterocycles. The molecule has 0 bridgehead atoms. The molecule has 5 heteroatoms. The Balaban J connectivity index is 2.20. The lowest BCUT2D eigenvalue weighted by Gasteiger charge is -2.26. The van der Waals surface area contributed by atoms with Crippen LogP contribution in [0.3, 0.4) is 0 Å². The number of hydrogen-bond acceptors (Lipinski definition) is 2. The van der Waals surface area contributed by atoms with Crippen LogP contribution in [0.25, 0.3) is 0 Å². The zero-order valence-corrected chi connectivity index (χ0v) is 12.0. The molecule has 3 nitrogen and oxygen atoms in total. The van der Waals surface area contributed by atoms with Crippen molar-refractivity contribution in [3.63, 3.8) is 0 Å². The number of aliphatic hydroxyl groups is 1. The molecule has 0 aromatic heterocycles. The normalized spacial score (nSPS) is 22.3. The van der Waals surface area contributed by atoms with Crippen LogP contribution in [-0.2, 0) is 10.5 Å². The van der Waals surface area contributed by atoms with E-state index in [0.29, 0.717) is 11.3 Å². The maximum atomic E-state index is 15.6. The molecule has 3 rings (SSSR count). The molecule has 1 aliphatic rings. The summed E-state index contributed by atoms with van der Waals surface area (Å²) in [6, 6.07) is 13.0. The van der Waals surface area contributed by atoms with Gasteiger partial charge in [0.15, 0.2) is 0 Å². The standard InChI is InChI=1S/C16H13ClFNO2/c1-19-12-9-5-8-11(17)13(12)16(18,15(19)21)14(20)10-6-3-2-4-7-10/h2-9,14,20H,1H3/t14?,16-/m1/s1. The average molecular weight is 306 g/mol. The molecule has 1 amide bonds. The first kappa shape index (κ1) is 14.0. The molecule has 1 heterocycles. The summed E-state index contributed by atoms with van der Waals surface area (Å²) in [4.78, 5) is 13.6. The Hall–Kier alpha value is -1.91. The zero-order valence-electron chi connectivity index (χ0n) is 11.3. The number of halogens is 2. The highest BCUT2D eigenvalue weighted by atomic mass is 35.5. The summed E-state index contributed by atoms with van der Waals surface area (Å²) in [5.41, 5.74) is -1.85. The van der Waals surface area contributed by atoms with Crippen molar-refractivity contribution in [1.82, 2.24) is 0 Å². The minimum absolute atomic E-state index is 0.0236. The number of aliphatic hydroxyl groups excluding tert-OH is 1. The van der Waals surface area contributed by atoms with E-state index in [4.69, 9.17) is 11.6 Å². The van der Waals surface area contributed by atoms with Gasteiger partial charge in [0.1, 0.15) is 6.10 Å². The molecule has 0 aliphatic carbocycles. The summed E-state index contributed by atoms with van der Waals surface area (Å²) in [7, 11) is 1.47. The van der Waals surface area contributed by atoms with E-state index in [0.717, 1.165) is 0 Å². The molecular weight excluding hydrogens is 293 g/mol. The lowest BCUT2D eigenvalue weighted by Crippen LogP contribution is -2.40. The average Bonchev–Trinajstić information content (AvgIpc) is 2.71. The van der Waals surface area contributed by atoms with Gasteiger partial charge in [-0.1, -0.05) is 48.0 Å². The number of amides is 1. The number of rotatable bonds is 2. The number of likely N-dealkylation sites (N-methyl/N-ethyl adjacent to an activating group) is 1. The largest absolute Gasteiger partial charge is 0.384 e. The molecule has 21 heavy (non-hydrogen) atoms. The number of benzene rings is 2.